The van der Waals surface area contributed by atoms with Crippen LogP contribution in [0.25, 0.3) is 0 Å². The highest BCUT2D eigenvalue weighted by Gasteiger charge is 2.28. The molecular formula is C17H32N4. The number of rotatable bonds is 5. The summed E-state index contributed by atoms with van der Waals surface area (Å²) in [6, 6.07) is 0.550. The van der Waals surface area contributed by atoms with E-state index in [0.717, 1.165) is 32.1 Å². The number of likely N-dealkylation sites (tertiary alicyclic amines) is 1. The lowest BCUT2D eigenvalue weighted by molar-refractivity contribution is 0.224. The number of piperidine rings is 1. The Morgan fingerprint density at radius 3 is 2.57 bits per heavy atom. The Bertz CT molecular complexity index is 350. The molecule has 120 valence electrons. The summed E-state index contributed by atoms with van der Waals surface area (Å²) in [6.07, 6.45) is 9.82. The Labute approximate surface area is 130 Å². The molecule has 2 aliphatic rings. The van der Waals surface area contributed by atoms with Crippen molar-refractivity contribution < 1.29 is 0 Å². The molecule has 2 N–H and O–H groups in total. The van der Waals surface area contributed by atoms with Gasteiger partial charge in [-0.1, -0.05) is 25.8 Å². The topological polar surface area (TPSA) is 39.7 Å². The first-order valence-electron chi connectivity index (χ1n) is 8.46. The number of nitrogens with zero attached hydrogens (tertiary/aromatic N) is 2. The second-order valence-corrected chi connectivity index (χ2v) is 6.95. The maximum atomic E-state index is 4.39. The summed E-state index contributed by atoms with van der Waals surface area (Å²) in [6.45, 7) is 10.6. The summed E-state index contributed by atoms with van der Waals surface area (Å²) in [5.41, 5.74) is 0.463. The number of aliphatic imine (C=N–C) groups is 1. The first-order chi connectivity index (χ1) is 10.1. The van der Waals surface area contributed by atoms with E-state index >= 15 is 0 Å². The van der Waals surface area contributed by atoms with Gasteiger partial charge in [-0.2, -0.15) is 0 Å². The fourth-order valence-corrected chi connectivity index (χ4v) is 3.53. The molecule has 4 nitrogen and oxygen atoms in total. The molecule has 1 aliphatic heterocycles. The average molecular weight is 292 g/mol. The number of nitrogens with one attached hydrogen (secondary N) is 2. The molecule has 0 atom stereocenters. The Morgan fingerprint density at radius 2 is 2.00 bits per heavy atom. The van der Waals surface area contributed by atoms with Gasteiger partial charge in [-0.3, -0.25) is 9.89 Å². The normalized spacial score (nSPS) is 24.0. The monoisotopic (exact) mass is 292 g/mol. The van der Waals surface area contributed by atoms with Crippen LogP contribution in [0.1, 0.15) is 45.4 Å². The van der Waals surface area contributed by atoms with Crippen molar-refractivity contribution in [1.82, 2.24) is 15.5 Å². The molecule has 0 spiro atoms. The van der Waals surface area contributed by atoms with Gasteiger partial charge < -0.3 is 10.6 Å². The predicted molar refractivity (Wildman–Crippen MR) is 90.7 cm³/mol. The van der Waals surface area contributed by atoms with Crippen LogP contribution in [0.15, 0.2) is 17.6 Å². The van der Waals surface area contributed by atoms with Gasteiger partial charge in [0.2, 0.25) is 0 Å². The first-order valence-corrected chi connectivity index (χ1v) is 8.46. The van der Waals surface area contributed by atoms with E-state index in [0.29, 0.717) is 11.5 Å². The lowest BCUT2D eigenvalue weighted by Gasteiger charge is -2.33. The predicted octanol–water partition coefficient (Wildman–Crippen LogP) is 2.38. The SMILES string of the molecule is C=CCN1CCC(NC(=NC)NCC2(C)CCCC2)CC1. The van der Waals surface area contributed by atoms with E-state index in [1.54, 1.807) is 0 Å². The number of hydrogen-bond acceptors (Lipinski definition) is 2. The molecule has 21 heavy (non-hydrogen) atoms. The van der Waals surface area contributed by atoms with Crippen LogP contribution < -0.4 is 10.6 Å². The van der Waals surface area contributed by atoms with Gasteiger partial charge in [0.1, 0.15) is 0 Å². The third-order valence-corrected chi connectivity index (χ3v) is 5.03. The van der Waals surface area contributed by atoms with Gasteiger partial charge in [-0.05, 0) is 31.1 Å². The van der Waals surface area contributed by atoms with Crippen LogP contribution in [-0.2, 0) is 0 Å². The third kappa shape index (κ3) is 5.03. The summed E-state index contributed by atoms with van der Waals surface area (Å²) < 4.78 is 0. The zero-order chi connectivity index (χ0) is 15.1. The van der Waals surface area contributed by atoms with Gasteiger partial charge in [0.25, 0.3) is 0 Å². The van der Waals surface area contributed by atoms with Crippen molar-refractivity contribution >= 4 is 5.96 Å². The van der Waals surface area contributed by atoms with E-state index in [1.807, 2.05) is 13.1 Å². The molecule has 1 aliphatic carbocycles. The van der Waals surface area contributed by atoms with Crippen molar-refractivity contribution in [2.45, 2.75) is 51.5 Å². The molecule has 0 aromatic rings. The van der Waals surface area contributed by atoms with E-state index < -0.39 is 0 Å². The summed E-state index contributed by atoms with van der Waals surface area (Å²) in [5, 5.41) is 7.14. The molecule has 1 heterocycles. The molecule has 0 unspecified atom stereocenters. The van der Waals surface area contributed by atoms with E-state index in [9.17, 15) is 0 Å². The molecule has 4 heteroatoms. The molecule has 2 rings (SSSR count). The Morgan fingerprint density at radius 1 is 1.33 bits per heavy atom. The maximum absolute atomic E-state index is 4.39. The van der Waals surface area contributed by atoms with Gasteiger partial charge in [0.05, 0.1) is 0 Å². The largest absolute Gasteiger partial charge is 0.356 e. The minimum absolute atomic E-state index is 0.463. The summed E-state index contributed by atoms with van der Waals surface area (Å²) >= 11 is 0. The van der Waals surface area contributed by atoms with Crippen molar-refractivity contribution in [3.05, 3.63) is 12.7 Å². The highest BCUT2D eigenvalue weighted by atomic mass is 15.2. The minimum atomic E-state index is 0.463. The standard InChI is InChI=1S/C17H32N4/c1-4-11-21-12-7-15(8-13-21)20-16(18-3)19-14-17(2)9-5-6-10-17/h4,15H,1,5-14H2,2-3H3,(H2,18,19,20). The molecule has 1 saturated heterocycles. The number of guanidine groups is 1. The minimum Gasteiger partial charge on any atom is -0.356 e. The molecule has 0 aromatic heterocycles. The van der Waals surface area contributed by atoms with E-state index in [-0.39, 0.29) is 0 Å². The molecule has 2 fully saturated rings. The first kappa shape index (κ1) is 16.3. The van der Waals surface area contributed by atoms with Crippen LogP contribution in [0.2, 0.25) is 0 Å². The van der Waals surface area contributed by atoms with E-state index in [1.165, 1.54) is 38.5 Å². The molecular weight excluding hydrogens is 260 g/mol. The Kier molecular flexibility index (Phi) is 6.09. The second-order valence-electron chi connectivity index (χ2n) is 6.95. The highest BCUT2D eigenvalue weighted by molar-refractivity contribution is 5.80. The van der Waals surface area contributed by atoms with Crippen LogP contribution in [-0.4, -0.2) is 50.1 Å². The molecule has 0 radical (unpaired) electrons. The zero-order valence-corrected chi connectivity index (χ0v) is 13.8. The quantitative estimate of drug-likeness (QED) is 0.464. The van der Waals surface area contributed by atoms with Crippen molar-refractivity contribution in [3.63, 3.8) is 0 Å². The van der Waals surface area contributed by atoms with Gasteiger partial charge in [0.15, 0.2) is 5.96 Å². The summed E-state index contributed by atoms with van der Waals surface area (Å²) in [5.74, 6) is 0.977. The van der Waals surface area contributed by atoms with E-state index in [4.69, 9.17) is 0 Å². The van der Waals surface area contributed by atoms with E-state index in [2.05, 4.69) is 34.0 Å². The van der Waals surface area contributed by atoms with Crippen LogP contribution in [0.4, 0.5) is 0 Å². The van der Waals surface area contributed by atoms with Crippen molar-refractivity contribution in [2.75, 3.05) is 33.2 Å². The van der Waals surface area contributed by atoms with Gasteiger partial charge in [-0.15, -0.1) is 6.58 Å². The van der Waals surface area contributed by atoms with Crippen molar-refractivity contribution in [2.24, 2.45) is 10.4 Å². The lowest BCUT2D eigenvalue weighted by atomic mass is 9.89. The molecule has 0 bridgehead atoms. The smallest absolute Gasteiger partial charge is 0.191 e. The summed E-state index contributed by atoms with van der Waals surface area (Å²) in [4.78, 5) is 6.85. The van der Waals surface area contributed by atoms with Gasteiger partial charge in [-0.25, -0.2) is 0 Å². The van der Waals surface area contributed by atoms with Crippen molar-refractivity contribution in [1.29, 1.82) is 0 Å². The molecule has 0 amide bonds. The van der Waals surface area contributed by atoms with Crippen LogP contribution in [0.3, 0.4) is 0 Å². The van der Waals surface area contributed by atoms with Crippen molar-refractivity contribution in [3.8, 4) is 0 Å². The van der Waals surface area contributed by atoms with Crippen LogP contribution >= 0.6 is 0 Å². The Hall–Kier alpha value is -1.03. The van der Waals surface area contributed by atoms with Crippen LogP contribution in [0, 0.1) is 5.41 Å². The van der Waals surface area contributed by atoms with Gasteiger partial charge >= 0.3 is 0 Å². The summed E-state index contributed by atoms with van der Waals surface area (Å²) in [7, 11) is 1.87. The van der Waals surface area contributed by atoms with Crippen LogP contribution in [0.5, 0.6) is 0 Å². The fourth-order valence-electron chi connectivity index (χ4n) is 3.53. The highest BCUT2D eigenvalue weighted by Crippen LogP contribution is 2.36. The molecule has 0 aromatic carbocycles. The number of hydrogen-bond donors (Lipinski definition) is 2. The molecule has 1 saturated carbocycles. The fraction of sp³-hybridized carbons (Fsp3) is 0.824. The average Bonchev–Trinajstić information content (AvgIpc) is 2.93. The Balaban J connectivity index is 1.72. The lowest BCUT2D eigenvalue weighted by Crippen LogP contribution is -2.50. The third-order valence-electron chi connectivity index (χ3n) is 5.03. The zero-order valence-electron chi connectivity index (χ0n) is 13.8. The maximum Gasteiger partial charge on any atom is 0.191 e. The second kappa shape index (κ2) is 7.83. The van der Waals surface area contributed by atoms with Gasteiger partial charge in [0, 0.05) is 39.3 Å².